The molecule has 1 saturated heterocycles. The van der Waals surface area contributed by atoms with Crippen molar-refractivity contribution < 1.29 is 8.42 Å². The summed E-state index contributed by atoms with van der Waals surface area (Å²) in [5.74, 6) is 1.08. The Labute approximate surface area is 184 Å². The van der Waals surface area contributed by atoms with E-state index in [1.807, 2.05) is 62.4 Å². The van der Waals surface area contributed by atoms with Gasteiger partial charge in [0.25, 0.3) is 0 Å². The minimum absolute atomic E-state index is 0.299. The van der Waals surface area contributed by atoms with Crippen LogP contribution in [-0.4, -0.2) is 38.0 Å². The number of piperidine rings is 1. The Kier molecular flexibility index (Phi) is 6.34. The van der Waals surface area contributed by atoms with Crippen LogP contribution in [0.1, 0.15) is 24.2 Å². The van der Waals surface area contributed by atoms with Gasteiger partial charge in [-0.15, -0.1) is 0 Å². The average molecular weight is 437 g/mol. The molecule has 3 aromatic rings. The summed E-state index contributed by atoms with van der Waals surface area (Å²) >= 11 is 0. The Hall–Kier alpha value is -2.77. The zero-order chi connectivity index (χ0) is 21.8. The van der Waals surface area contributed by atoms with E-state index in [1.54, 1.807) is 12.1 Å². The van der Waals surface area contributed by atoms with Crippen molar-refractivity contribution in [3.05, 3.63) is 72.1 Å². The lowest BCUT2D eigenvalue weighted by atomic mass is 9.97. The maximum Gasteiger partial charge on any atom is 0.240 e. The Morgan fingerprint density at radius 1 is 0.903 bits per heavy atom. The van der Waals surface area contributed by atoms with Crippen molar-refractivity contribution >= 4 is 16.0 Å². The fourth-order valence-corrected chi connectivity index (χ4v) is 5.07. The first kappa shape index (κ1) is 21.5. The maximum atomic E-state index is 12.7. The van der Waals surface area contributed by atoms with Crippen LogP contribution in [0.25, 0.3) is 11.1 Å². The number of rotatable bonds is 6. The van der Waals surface area contributed by atoms with Gasteiger partial charge in [-0.05, 0) is 61.9 Å². The van der Waals surface area contributed by atoms with E-state index in [1.165, 1.54) is 0 Å². The van der Waals surface area contributed by atoms with Gasteiger partial charge in [-0.2, -0.15) is 0 Å². The summed E-state index contributed by atoms with van der Waals surface area (Å²) < 4.78 is 28.3. The Morgan fingerprint density at radius 3 is 2.10 bits per heavy atom. The SMILES string of the molecule is Cc1cc(C)nc(N2CCC(CNS(=O)(=O)c3ccc(-c4ccccc4)cc3)CC2)n1. The summed E-state index contributed by atoms with van der Waals surface area (Å²) in [5, 5.41) is 0. The molecule has 7 heteroatoms. The molecule has 2 heterocycles. The number of nitrogens with zero attached hydrogens (tertiary/aromatic N) is 3. The van der Waals surface area contributed by atoms with Crippen molar-refractivity contribution in [3.8, 4) is 11.1 Å². The molecule has 0 amide bonds. The third kappa shape index (κ3) is 5.29. The Bertz CT molecular complexity index is 1100. The van der Waals surface area contributed by atoms with Crippen molar-refractivity contribution in [1.29, 1.82) is 0 Å². The van der Waals surface area contributed by atoms with Gasteiger partial charge in [0.1, 0.15) is 0 Å². The number of sulfonamides is 1. The summed E-state index contributed by atoms with van der Waals surface area (Å²) in [7, 11) is -3.52. The van der Waals surface area contributed by atoms with Crippen LogP contribution >= 0.6 is 0 Å². The van der Waals surface area contributed by atoms with Crippen LogP contribution in [0.4, 0.5) is 5.95 Å². The van der Waals surface area contributed by atoms with Gasteiger partial charge in [-0.3, -0.25) is 0 Å². The van der Waals surface area contributed by atoms with Gasteiger partial charge in [0, 0.05) is 31.0 Å². The van der Waals surface area contributed by atoms with E-state index in [-0.39, 0.29) is 0 Å². The first-order valence-electron chi connectivity index (χ1n) is 10.6. The molecule has 162 valence electrons. The summed E-state index contributed by atoms with van der Waals surface area (Å²) in [6, 6.07) is 18.9. The number of anilines is 1. The second-order valence-electron chi connectivity index (χ2n) is 8.12. The van der Waals surface area contributed by atoms with Gasteiger partial charge in [-0.1, -0.05) is 42.5 Å². The van der Waals surface area contributed by atoms with Gasteiger partial charge in [0.05, 0.1) is 4.90 Å². The van der Waals surface area contributed by atoms with Crippen molar-refractivity contribution in [2.24, 2.45) is 5.92 Å². The maximum absolute atomic E-state index is 12.7. The van der Waals surface area contributed by atoms with E-state index in [2.05, 4.69) is 19.6 Å². The first-order chi connectivity index (χ1) is 14.9. The van der Waals surface area contributed by atoms with Crippen molar-refractivity contribution in [3.63, 3.8) is 0 Å². The molecular formula is C24H28N4O2S. The molecule has 0 unspecified atom stereocenters. The van der Waals surface area contributed by atoms with E-state index in [9.17, 15) is 8.42 Å². The fraction of sp³-hybridized carbons (Fsp3) is 0.333. The lowest BCUT2D eigenvalue weighted by molar-refractivity contribution is 0.399. The van der Waals surface area contributed by atoms with Crippen LogP contribution in [0, 0.1) is 19.8 Å². The molecular weight excluding hydrogens is 408 g/mol. The smallest absolute Gasteiger partial charge is 0.240 e. The number of nitrogens with one attached hydrogen (secondary N) is 1. The Balaban J connectivity index is 1.33. The topological polar surface area (TPSA) is 75.2 Å². The molecule has 0 bridgehead atoms. The van der Waals surface area contributed by atoms with Crippen molar-refractivity contribution in [2.75, 3.05) is 24.5 Å². The van der Waals surface area contributed by atoms with Gasteiger partial charge in [-0.25, -0.2) is 23.1 Å². The molecule has 1 fully saturated rings. The minimum atomic E-state index is -3.52. The molecule has 0 aliphatic carbocycles. The van der Waals surface area contributed by atoms with E-state index in [4.69, 9.17) is 0 Å². The highest BCUT2D eigenvalue weighted by Gasteiger charge is 2.23. The van der Waals surface area contributed by atoms with Gasteiger partial charge >= 0.3 is 0 Å². The number of hydrogen-bond acceptors (Lipinski definition) is 5. The highest BCUT2D eigenvalue weighted by atomic mass is 32.2. The van der Waals surface area contributed by atoms with Crippen LogP contribution in [0.5, 0.6) is 0 Å². The van der Waals surface area contributed by atoms with Gasteiger partial charge in [0.15, 0.2) is 0 Å². The molecule has 6 nitrogen and oxygen atoms in total. The number of aryl methyl sites for hydroxylation is 2. The molecule has 0 spiro atoms. The van der Waals surface area contributed by atoms with Crippen LogP contribution in [0.15, 0.2) is 65.6 Å². The average Bonchev–Trinajstić information content (AvgIpc) is 2.78. The van der Waals surface area contributed by atoms with Gasteiger partial charge in [0.2, 0.25) is 16.0 Å². The normalized spacial score (nSPS) is 15.2. The van der Waals surface area contributed by atoms with Crippen LogP contribution < -0.4 is 9.62 Å². The standard InChI is InChI=1S/C24H28N4O2S/c1-18-16-19(2)27-24(26-18)28-14-12-20(13-15-28)17-25-31(29,30)23-10-8-22(9-11-23)21-6-4-3-5-7-21/h3-11,16,20,25H,12-15,17H2,1-2H3. The van der Waals surface area contributed by atoms with E-state index < -0.39 is 10.0 Å². The molecule has 1 aromatic heterocycles. The zero-order valence-corrected chi connectivity index (χ0v) is 18.8. The van der Waals surface area contributed by atoms with Crippen LogP contribution in [0.3, 0.4) is 0 Å². The predicted molar refractivity (Wildman–Crippen MR) is 124 cm³/mol. The third-order valence-electron chi connectivity index (χ3n) is 5.70. The molecule has 1 aliphatic rings. The lowest BCUT2D eigenvalue weighted by Gasteiger charge is -2.32. The molecule has 1 N–H and O–H groups in total. The molecule has 0 atom stereocenters. The lowest BCUT2D eigenvalue weighted by Crippen LogP contribution is -2.39. The summed E-state index contributed by atoms with van der Waals surface area (Å²) in [6.07, 6.45) is 1.82. The van der Waals surface area contributed by atoms with E-state index in [0.29, 0.717) is 17.4 Å². The molecule has 31 heavy (non-hydrogen) atoms. The minimum Gasteiger partial charge on any atom is -0.341 e. The predicted octanol–water partition coefficient (Wildman–Crippen LogP) is 3.96. The van der Waals surface area contributed by atoms with Crippen LogP contribution in [-0.2, 0) is 10.0 Å². The zero-order valence-electron chi connectivity index (χ0n) is 18.0. The van der Waals surface area contributed by atoms with E-state index >= 15 is 0 Å². The van der Waals surface area contributed by atoms with Crippen LogP contribution in [0.2, 0.25) is 0 Å². The first-order valence-corrected chi connectivity index (χ1v) is 12.1. The van der Waals surface area contributed by atoms with Crippen molar-refractivity contribution in [1.82, 2.24) is 14.7 Å². The molecule has 0 saturated carbocycles. The summed E-state index contributed by atoms with van der Waals surface area (Å²) in [5.41, 5.74) is 4.01. The largest absolute Gasteiger partial charge is 0.341 e. The van der Waals surface area contributed by atoms with E-state index in [0.717, 1.165) is 54.4 Å². The number of benzene rings is 2. The number of aromatic nitrogens is 2. The second-order valence-corrected chi connectivity index (χ2v) is 9.89. The highest BCUT2D eigenvalue weighted by molar-refractivity contribution is 7.89. The van der Waals surface area contributed by atoms with Gasteiger partial charge < -0.3 is 4.90 Å². The molecule has 0 radical (unpaired) electrons. The molecule has 4 rings (SSSR count). The highest BCUT2D eigenvalue weighted by Crippen LogP contribution is 2.23. The number of hydrogen-bond donors (Lipinski definition) is 1. The molecule has 2 aromatic carbocycles. The fourth-order valence-electron chi connectivity index (χ4n) is 3.95. The molecule has 1 aliphatic heterocycles. The van der Waals surface area contributed by atoms with Crippen molar-refractivity contribution in [2.45, 2.75) is 31.6 Å². The second kappa shape index (κ2) is 9.16. The third-order valence-corrected chi connectivity index (χ3v) is 7.14. The monoisotopic (exact) mass is 436 g/mol. The Morgan fingerprint density at radius 2 is 1.48 bits per heavy atom. The summed E-state index contributed by atoms with van der Waals surface area (Å²) in [6.45, 7) is 6.07. The summed E-state index contributed by atoms with van der Waals surface area (Å²) in [4.78, 5) is 11.6. The quantitative estimate of drug-likeness (QED) is 0.633.